The topological polar surface area (TPSA) is 75.7 Å². The monoisotopic (exact) mass is 440 g/mol. The molecule has 0 heterocycles. The molecule has 140 valence electrons. The van der Waals surface area contributed by atoms with Gasteiger partial charge in [-0.1, -0.05) is 32.0 Å². The molecule has 2 aromatic carbocycles. The number of para-hydroxylation sites is 1. The second-order valence-corrected chi connectivity index (χ2v) is 8.18. The van der Waals surface area contributed by atoms with Gasteiger partial charge in [0.25, 0.3) is 5.91 Å². The lowest BCUT2D eigenvalue weighted by Crippen LogP contribution is -2.30. The highest BCUT2D eigenvalue weighted by molar-refractivity contribution is 9.10. The number of anilines is 1. The number of hydrogen-bond donors (Lipinski definition) is 1. The zero-order valence-corrected chi connectivity index (χ0v) is 17.0. The first-order valence-electron chi connectivity index (χ1n) is 8.15. The van der Waals surface area contributed by atoms with Gasteiger partial charge in [-0.15, -0.1) is 0 Å². The number of hydrogen-bond acceptors (Lipinski definition) is 4. The van der Waals surface area contributed by atoms with Crippen LogP contribution < -0.4 is 10.1 Å². The summed E-state index contributed by atoms with van der Waals surface area (Å²) >= 11 is 3.34. The molecule has 0 fully saturated rings. The Hall–Kier alpha value is -1.90. The standard InChI is InChI=1S/C18H21BrN2O4S/c1-3-21(4-2)26(23,24)15-9-7-8-14(12-15)20-18(22)13-25-17-11-6-5-10-16(17)19/h5-12H,3-4,13H2,1-2H3,(H,20,22). The molecule has 0 spiro atoms. The molecule has 0 atom stereocenters. The Morgan fingerprint density at radius 2 is 1.81 bits per heavy atom. The van der Waals surface area contributed by atoms with Crippen molar-refractivity contribution in [3.63, 3.8) is 0 Å². The Bertz CT molecular complexity index is 867. The minimum atomic E-state index is -3.58. The molecule has 0 saturated carbocycles. The van der Waals surface area contributed by atoms with Crippen LogP contribution in [-0.2, 0) is 14.8 Å². The van der Waals surface area contributed by atoms with Gasteiger partial charge in [0.05, 0.1) is 9.37 Å². The zero-order chi connectivity index (χ0) is 19.2. The predicted molar refractivity (Wildman–Crippen MR) is 105 cm³/mol. The highest BCUT2D eigenvalue weighted by Crippen LogP contribution is 2.24. The van der Waals surface area contributed by atoms with Gasteiger partial charge >= 0.3 is 0 Å². The van der Waals surface area contributed by atoms with Crippen LogP contribution in [0.3, 0.4) is 0 Å². The van der Waals surface area contributed by atoms with E-state index in [2.05, 4.69) is 21.2 Å². The Morgan fingerprint density at radius 3 is 2.46 bits per heavy atom. The summed E-state index contributed by atoms with van der Waals surface area (Å²) in [7, 11) is -3.58. The maximum atomic E-state index is 12.6. The summed E-state index contributed by atoms with van der Waals surface area (Å²) in [5.41, 5.74) is 0.402. The zero-order valence-electron chi connectivity index (χ0n) is 14.6. The molecule has 1 N–H and O–H groups in total. The van der Waals surface area contributed by atoms with E-state index in [1.807, 2.05) is 12.1 Å². The summed E-state index contributed by atoms with van der Waals surface area (Å²) in [6.07, 6.45) is 0. The van der Waals surface area contributed by atoms with E-state index >= 15 is 0 Å². The van der Waals surface area contributed by atoms with Crippen molar-refractivity contribution in [2.24, 2.45) is 0 Å². The fourth-order valence-electron chi connectivity index (χ4n) is 2.35. The van der Waals surface area contributed by atoms with Gasteiger partial charge in [-0.2, -0.15) is 4.31 Å². The quantitative estimate of drug-likeness (QED) is 0.681. The molecule has 0 aliphatic heterocycles. The van der Waals surface area contributed by atoms with Crippen LogP contribution in [0, 0.1) is 0 Å². The number of nitrogens with zero attached hydrogens (tertiary/aromatic N) is 1. The lowest BCUT2D eigenvalue weighted by atomic mass is 10.3. The second-order valence-electron chi connectivity index (χ2n) is 5.38. The summed E-state index contributed by atoms with van der Waals surface area (Å²) in [6, 6.07) is 13.4. The lowest BCUT2D eigenvalue weighted by molar-refractivity contribution is -0.118. The van der Waals surface area contributed by atoms with Gasteiger partial charge in [-0.25, -0.2) is 8.42 Å². The molecule has 0 unspecified atom stereocenters. The van der Waals surface area contributed by atoms with Crippen molar-refractivity contribution in [3.8, 4) is 5.75 Å². The van der Waals surface area contributed by atoms with Crippen LogP contribution in [-0.4, -0.2) is 38.3 Å². The third-order valence-corrected chi connectivity index (χ3v) is 6.36. The minimum absolute atomic E-state index is 0.144. The molecule has 0 aliphatic rings. The van der Waals surface area contributed by atoms with E-state index in [-0.39, 0.29) is 17.4 Å². The van der Waals surface area contributed by atoms with E-state index in [1.54, 1.807) is 38.1 Å². The average molecular weight is 441 g/mol. The van der Waals surface area contributed by atoms with E-state index in [0.717, 1.165) is 4.47 Å². The molecule has 2 rings (SSSR count). The molecule has 26 heavy (non-hydrogen) atoms. The number of rotatable bonds is 8. The number of halogens is 1. The molecule has 0 bridgehead atoms. The highest BCUT2D eigenvalue weighted by atomic mass is 79.9. The Labute approximate surface area is 162 Å². The number of nitrogens with one attached hydrogen (secondary N) is 1. The van der Waals surface area contributed by atoms with E-state index in [0.29, 0.717) is 24.5 Å². The van der Waals surface area contributed by atoms with Gasteiger partial charge in [0, 0.05) is 18.8 Å². The number of carbonyl (C=O) groups is 1. The van der Waals surface area contributed by atoms with Crippen molar-refractivity contribution in [2.45, 2.75) is 18.7 Å². The fourth-order valence-corrected chi connectivity index (χ4v) is 4.25. The maximum Gasteiger partial charge on any atom is 0.262 e. The normalized spacial score (nSPS) is 11.4. The van der Waals surface area contributed by atoms with Gasteiger partial charge in [-0.05, 0) is 46.3 Å². The smallest absolute Gasteiger partial charge is 0.262 e. The lowest BCUT2D eigenvalue weighted by Gasteiger charge is -2.18. The molecule has 0 aliphatic carbocycles. The van der Waals surface area contributed by atoms with Crippen molar-refractivity contribution < 1.29 is 17.9 Å². The van der Waals surface area contributed by atoms with Crippen molar-refractivity contribution in [3.05, 3.63) is 53.0 Å². The van der Waals surface area contributed by atoms with Crippen molar-refractivity contribution >= 4 is 37.5 Å². The molecule has 8 heteroatoms. The van der Waals surface area contributed by atoms with Crippen LogP contribution in [0.2, 0.25) is 0 Å². The molecule has 0 saturated heterocycles. The first-order valence-corrected chi connectivity index (χ1v) is 10.4. The first kappa shape index (κ1) is 20.4. The maximum absolute atomic E-state index is 12.6. The van der Waals surface area contributed by atoms with E-state index in [9.17, 15) is 13.2 Å². The van der Waals surface area contributed by atoms with E-state index < -0.39 is 10.0 Å². The van der Waals surface area contributed by atoms with Crippen LogP contribution >= 0.6 is 15.9 Å². The Balaban J connectivity index is 2.06. The van der Waals surface area contributed by atoms with Gasteiger partial charge in [-0.3, -0.25) is 4.79 Å². The highest BCUT2D eigenvalue weighted by Gasteiger charge is 2.21. The number of benzene rings is 2. The third-order valence-electron chi connectivity index (χ3n) is 3.66. The summed E-state index contributed by atoms with van der Waals surface area (Å²) in [4.78, 5) is 12.2. The largest absolute Gasteiger partial charge is 0.483 e. The van der Waals surface area contributed by atoms with Crippen molar-refractivity contribution in [1.29, 1.82) is 0 Å². The van der Waals surface area contributed by atoms with Crippen LogP contribution in [0.15, 0.2) is 57.9 Å². The Kier molecular flexibility index (Phi) is 7.19. The van der Waals surface area contributed by atoms with Gasteiger partial charge < -0.3 is 10.1 Å². The Morgan fingerprint density at radius 1 is 1.12 bits per heavy atom. The summed E-state index contributed by atoms with van der Waals surface area (Å²) < 4.78 is 32.7. The molecule has 2 aromatic rings. The van der Waals surface area contributed by atoms with Crippen LogP contribution in [0.1, 0.15) is 13.8 Å². The number of sulfonamides is 1. The van der Waals surface area contributed by atoms with Crippen molar-refractivity contribution in [2.75, 3.05) is 25.0 Å². The van der Waals surface area contributed by atoms with E-state index in [1.165, 1.54) is 16.4 Å². The molecule has 6 nitrogen and oxygen atoms in total. The average Bonchev–Trinajstić information content (AvgIpc) is 2.62. The summed E-state index contributed by atoms with van der Waals surface area (Å²) in [6.45, 7) is 4.15. The van der Waals surface area contributed by atoms with Gasteiger partial charge in [0.15, 0.2) is 6.61 Å². The number of amides is 1. The first-order chi connectivity index (χ1) is 12.4. The summed E-state index contributed by atoms with van der Waals surface area (Å²) in [5, 5.41) is 2.66. The van der Waals surface area contributed by atoms with Gasteiger partial charge in [0.2, 0.25) is 10.0 Å². The SMILES string of the molecule is CCN(CC)S(=O)(=O)c1cccc(NC(=O)COc2ccccc2Br)c1. The van der Waals surface area contributed by atoms with Crippen LogP contribution in [0.5, 0.6) is 5.75 Å². The summed E-state index contributed by atoms with van der Waals surface area (Å²) in [5.74, 6) is 0.179. The molecule has 1 amide bonds. The van der Waals surface area contributed by atoms with Crippen LogP contribution in [0.25, 0.3) is 0 Å². The predicted octanol–water partition coefficient (Wildman–Crippen LogP) is 3.50. The third kappa shape index (κ3) is 5.06. The fraction of sp³-hybridized carbons (Fsp3) is 0.278. The second kappa shape index (κ2) is 9.16. The molecule has 0 radical (unpaired) electrons. The minimum Gasteiger partial charge on any atom is -0.483 e. The number of carbonyl (C=O) groups excluding carboxylic acids is 1. The van der Waals surface area contributed by atoms with Gasteiger partial charge in [0.1, 0.15) is 5.75 Å². The van der Waals surface area contributed by atoms with Crippen LogP contribution in [0.4, 0.5) is 5.69 Å². The van der Waals surface area contributed by atoms with E-state index in [4.69, 9.17) is 4.74 Å². The molecular formula is C18H21BrN2O4S. The molecular weight excluding hydrogens is 420 g/mol. The van der Waals surface area contributed by atoms with Crippen molar-refractivity contribution in [1.82, 2.24) is 4.31 Å². The number of ether oxygens (including phenoxy) is 1. The molecule has 0 aromatic heterocycles.